The van der Waals surface area contributed by atoms with Gasteiger partial charge < -0.3 is 0 Å². The third-order valence-electron chi connectivity index (χ3n) is 5.22. The van der Waals surface area contributed by atoms with E-state index in [1.165, 1.54) is 6.07 Å². The Morgan fingerprint density at radius 2 is 2.04 bits per heavy atom. The summed E-state index contributed by atoms with van der Waals surface area (Å²) in [6, 6.07) is 6.27. The van der Waals surface area contributed by atoms with Gasteiger partial charge >= 0.3 is 0 Å². The number of fused-ring (bicyclic) bond motifs is 1. The lowest BCUT2D eigenvalue weighted by Crippen LogP contribution is -2.23. The highest BCUT2D eigenvalue weighted by molar-refractivity contribution is 6.05. The van der Waals surface area contributed by atoms with Crippen LogP contribution in [0, 0.1) is 5.82 Å². The summed E-state index contributed by atoms with van der Waals surface area (Å²) in [6.07, 6.45) is 1.91. The summed E-state index contributed by atoms with van der Waals surface area (Å²) in [5, 5.41) is 4.30. The van der Waals surface area contributed by atoms with E-state index in [2.05, 4.69) is 16.7 Å². The number of allylic oxidation sites excluding steroid dienone is 1. The van der Waals surface area contributed by atoms with E-state index < -0.39 is 11.5 Å². The number of hydrogen-bond donors (Lipinski definition) is 0. The van der Waals surface area contributed by atoms with E-state index in [9.17, 15) is 13.6 Å². The maximum Gasteiger partial charge on any atom is 0.227 e. The van der Waals surface area contributed by atoms with Crippen molar-refractivity contribution in [3.8, 4) is 0 Å². The number of Topliss-reactive ketones (excluding diaryl/α,β-unsaturated/α-hetero) is 1. The van der Waals surface area contributed by atoms with Crippen LogP contribution in [0.1, 0.15) is 67.6 Å². The molecule has 4 nitrogen and oxygen atoms in total. The minimum Gasteiger partial charge on any atom is -0.285 e. The number of carbonyl (C=O) groups excluding carboxylic acids is 1. The van der Waals surface area contributed by atoms with Crippen molar-refractivity contribution in [1.82, 2.24) is 14.8 Å². The molecule has 26 heavy (non-hydrogen) atoms. The number of aromatic nitrogens is 3. The van der Waals surface area contributed by atoms with Gasteiger partial charge in [-0.3, -0.25) is 4.79 Å². The van der Waals surface area contributed by atoms with Crippen LogP contribution >= 0.6 is 0 Å². The summed E-state index contributed by atoms with van der Waals surface area (Å²) >= 11 is 0. The number of rotatable bonds is 7. The van der Waals surface area contributed by atoms with Crippen LogP contribution in [-0.2, 0) is 6.42 Å². The number of carbonyl (C=O) groups is 1. The Morgan fingerprint density at radius 3 is 2.69 bits per heavy atom. The molecule has 0 spiro atoms. The maximum absolute atomic E-state index is 14.6. The molecule has 0 radical (unpaired) electrons. The molecular formula is C20H23F2N3O. The number of hydrogen-bond acceptors (Lipinski definition) is 3. The Hall–Kier alpha value is -2.37. The molecule has 1 aromatic heterocycles. The number of benzene rings is 1. The van der Waals surface area contributed by atoms with Crippen molar-refractivity contribution in [1.29, 1.82) is 0 Å². The Morgan fingerprint density at radius 1 is 1.35 bits per heavy atom. The minimum absolute atomic E-state index is 0.0144. The fraction of sp³-hybridized carbons (Fsp3) is 0.450. The van der Waals surface area contributed by atoms with E-state index in [4.69, 9.17) is 0 Å². The van der Waals surface area contributed by atoms with Crippen molar-refractivity contribution in [2.75, 3.05) is 0 Å². The lowest BCUT2D eigenvalue weighted by atomic mass is 9.90. The highest BCUT2D eigenvalue weighted by atomic mass is 19.1. The predicted octanol–water partition coefficient (Wildman–Crippen LogP) is 4.61. The Kier molecular flexibility index (Phi) is 5.03. The van der Waals surface area contributed by atoms with Crippen LogP contribution in [0.15, 0.2) is 36.4 Å². The summed E-state index contributed by atoms with van der Waals surface area (Å²) in [7, 11) is 0. The minimum atomic E-state index is -1.44. The fourth-order valence-corrected chi connectivity index (χ4v) is 3.41. The Balaban J connectivity index is 1.83. The molecule has 1 aliphatic heterocycles. The first-order valence-corrected chi connectivity index (χ1v) is 8.99. The molecule has 1 aliphatic rings. The third kappa shape index (κ3) is 3.32. The molecule has 0 N–H and O–H groups in total. The number of ketones is 1. The molecule has 6 heteroatoms. The summed E-state index contributed by atoms with van der Waals surface area (Å²) in [4.78, 5) is 16.9. The van der Waals surface area contributed by atoms with Crippen LogP contribution in [-0.4, -0.2) is 26.2 Å². The van der Waals surface area contributed by atoms with Gasteiger partial charge in [-0.1, -0.05) is 38.6 Å². The molecule has 0 bridgehead atoms. The van der Waals surface area contributed by atoms with Gasteiger partial charge in [-0.15, -0.1) is 5.10 Å². The molecule has 0 amide bonds. The molecule has 138 valence electrons. The SMILES string of the molecule is C=C(CC(F)(CC)CC)C(=O)c1nc2n(n1)[C@@H](c1ccccc1F)CC2. The van der Waals surface area contributed by atoms with E-state index >= 15 is 0 Å². The van der Waals surface area contributed by atoms with Gasteiger partial charge in [0.1, 0.15) is 17.3 Å². The monoisotopic (exact) mass is 359 g/mol. The summed E-state index contributed by atoms with van der Waals surface area (Å²) in [5.41, 5.74) is -0.734. The average Bonchev–Trinajstić information content (AvgIpc) is 3.22. The quantitative estimate of drug-likeness (QED) is 0.536. The maximum atomic E-state index is 14.6. The van der Waals surface area contributed by atoms with Gasteiger partial charge in [0.25, 0.3) is 0 Å². The van der Waals surface area contributed by atoms with Crippen LogP contribution in [0.4, 0.5) is 8.78 Å². The van der Waals surface area contributed by atoms with E-state index in [1.807, 2.05) is 0 Å². The summed E-state index contributed by atoms with van der Waals surface area (Å²) in [5.74, 6) is -0.0816. The predicted molar refractivity (Wildman–Crippen MR) is 95.4 cm³/mol. The normalized spacial score (nSPS) is 16.5. The molecule has 0 unspecified atom stereocenters. The molecule has 1 atom stereocenters. The first-order chi connectivity index (χ1) is 12.4. The number of nitrogens with zero attached hydrogens (tertiary/aromatic N) is 3. The standard InChI is InChI=1S/C20H23F2N3O/c1-4-20(22,5-2)12-13(3)18(26)19-23-17-11-10-16(25(17)24-19)14-8-6-7-9-15(14)21/h6-9,16H,3-5,10-12H2,1-2H3/t16-/m1/s1. The highest BCUT2D eigenvalue weighted by Gasteiger charge is 2.33. The number of alkyl halides is 1. The molecule has 0 fully saturated rings. The van der Waals surface area contributed by atoms with Crippen molar-refractivity contribution >= 4 is 5.78 Å². The van der Waals surface area contributed by atoms with E-state index in [0.717, 1.165) is 0 Å². The van der Waals surface area contributed by atoms with Crippen molar-refractivity contribution in [3.05, 3.63) is 59.4 Å². The van der Waals surface area contributed by atoms with E-state index in [1.54, 1.807) is 36.7 Å². The van der Waals surface area contributed by atoms with E-state index in [0.29, 0.717) is 37.1 Å². The lowest BCUT2D eigenvalue weighted by Gasteiger charge is -2.22. The zero-order valence-corrected chi connectivity index (χ0v) is 15.1. The lowest BCUT2D eigenvalue weighted by molar-refractivity contribution is 0.0981. The molecular weight excluding hydrogens is 336 g/mol. The molecule has 1 aromatic carbocycles. The molecule has 2 heterocycles. The molecule has 0 saturated heterocycles. The zero-order chi connectivity index (χ0) is 18.9. The second-order valence-electron chi connectivity index (χ2n) is 6.84. The van der Waals surface area contributed by atoms with Gasteiger partial charge in [-0.05, 0) is 30.9 Å². The van der Waals surface area contributed by atoms with Crippen LogP contribution in [0.2, 0.25) is 0 Å². The van der Waals surface area contributed by atoms with Crippen LogP contribution < -0.4 is 0 Å². The second-order valence-corrected chi connectivity index (χ2v) is 6.84. The van der Waals surface area contributed by atoms with Crippen LogP contribution in [0.25, 0.3) is 0 Å². The van der Waals surface area contributed by atoms with E-state index in [-0.39, 0.29) is 29.7 Å². The van der Waals surface area contributed by atoms with Gasteiger partial charge in [0.2, 0.25) is 11.6 Å². The van der Waals surface area contributed by atoms with Gasteiger partial charge in [-0.25, -0.2) is 18.4 Å². The van der Waals surface area contributed by atoms with Crippen molar-refractivity contribution in [2.45, 2.75) is 57.7 Å². The fourth-order valence-electron chi connectivity index (χ4n) is 3.41. The van der Waals surface area contributed by atoms with Crippen molar-refractivity contribution in [2.24, 2.45) is 0 Å². The Labute approximate surface area is 151 Å². The molecule has 0 saturated carbocycles. The third-order valence-corrected chi connectivity index (χ3v) is 5.22. The van der Waals surface area contributed by atoms with Crippen LogP contribution in [0.3, 0.4) is 0 Å². The first kappa shape index (κ1) is 18.4. The first-order valence-electron chi connectivity index (χ1n) is 8.99. The second kappa shape index (κ2) is 7.09. The van der Waals surface area contributed by atoms with Crippen molar-refractivity contribution in [3.63, 3.8) is 0 Å². The number of halogens is 2. The summed E-state index contributed by atoms with van der Waals surface area (Å²) in [6.45, 7) is 7.25. The molecule has 3 rings (SSSR count). The molecule has 2 aromatic rings. The highest BCUT2D eigenvalue weighted by Crippen LogP contribution is 2.33. The molecule has 0 aliphatic carbocycles. The Bertz CT molecular complexity index is 839. The summed E-state index contributed by atoms with van der Waals surface area (Å²) < 4.78 is 30.3. The number of aryl methyl sites for hydroxylation is 1. The van der Waals surface area contributed by atoms with Crippen molar-refractivity contribution < 1.29 is 13.6 Å². The van der Waals surface area contributed by atoms with Gasteiger partial charge in [-0.2, -0.15) is 0 Å². The largest absolute Gasteiger partial charge is 0.285 e. The van der Waals surface area contributed by atoms with Gasteiger partial charge in [0, 0.05) is 18.4 Å². The van der Waals surface area contributed by atoms with Gasteiger partial charge in [0.15, 0.2) is 0 Å². The zero-order valence-electron chi connectivity index (χ0n) is 15.1. The average molecular weight is 359 g/mol. The smallest absolute Gasteiger partial charge is 0.227 e. The van der Waals surface area contributed by atoms with Gasteiger partial charge in [0.05, 0.1) is 6.04 Å². The topological polar surface area (TPSA) is 47.8 Å². The van der Waals surface area contributed by atoms with Crippen LogP contribution in [0.5, 0.6) is 0 Å².